The molecule has 0 bridgehead atoms. The third-order valence-corrected chi connectivity index (χ3v) is 3.89. The third kappa shape index (κ3) is 3.02. The summed E-state index contributed by atoms with van der Waals surface area (Å²) in [6, 6.07) is 7.06. The minimum Gasteiger partial charge on any atom is -0.365 e. The van der Waals surface area contributed by atoms with Crippen LogP contribution in [0.15, 0.2) is 41.8 Å². The van der Waals surface area contributed by atoms with Crippen LogP contribution in [0.25, 0.3) is 11.6 Å². The zero-order valence-corrected chi connectivity index (χ0v) is 12.3. The molecule has 2 aromatic heterocycles. The summed E-state index contributed by atoms with van der Waals surface area (Å²) < 4.78 is 1.89. The van der Waals surface area contributed by atoms with Crippen LogP contribution in [0.3, 0.4) is 0 Å². The fraction of sp³-hybridized carbons (Fsp3) is 0.0667. The average molecular weight is 312 g/mol. The van der Waals surface area contributed by atoms with Crippen molar-refractivity contribution in [3.8, 4) is 6.07 Å². The molecule has 0 saturated carbocycles. The highest BCUT2D eigenvalue weighted by molar-refractivity contribution is 7.07. The molecule has 0 aliphatic carbocycles. The molecule has 0 fully saturated rings. The molecule has 2 heterocycles. The van der Waals surface area contributed by atoms with Gasteiger partial charge in [-0.1, -0.05) is 12.1 Å². The molecule has 2 N–H and O–H groups in total. The highest BCUT2D eigenvalue weighted by Crippen LogP contribution is 1.95. The first kappa shape index (κ1) is 15.4. The van der Waals surface area contributed by atoms with E-state index in [4.69, 9.17) is 11.0 Å². The van der Waals surface area contributed by atoms with E-state index in [-0.39, 0.29) is 22.3 Å². The molecule has 6 nitrogen and oxygen atoms in total. The van der Waals surface area contributed by atoms with Gasteiger partial charge in [0.15, 0.2) is 5.57 Å². The van der Waals surface area contributed by atoms with Gasteiger partial charge < -0.3 is 5.73 Å². The van der Waals surface area contributed by atoms with Crippen LogP contribution < -0.4 is 20.5 Å². The predicted octanol–water partition coefficient (Wildman–Crippen LogP) is -0.521. The normalized spacial score (nSPS) is 12.6. The SMILES string of the molecule is C=CCn1c(=C(C#N)C(N)=O)sc(=Cc2ccccn2)c1=O. The largest absolute Gasteiger partial charge is 0.365 e. The standard InChI is InChI=1S/C15H12N4O2S/c1-2-7-19-14(21)12(8-10-5-3-4-6-18-10)22-15(19)11(9-16)13(17)20/h2-6,8H,1,7H2,(H2,17,20). The smallest absolute Gasteiger partial charge is 0.269 e. The Morgan fingerprint density at radius 2 is 2.32 bits per heavy atom. The topological polar surface area (TPSA) is 102 Å². The number of hydrogen-bond acceptors (Lipinski definition) is 5. The number of nitrogens with zero attached hydrogens (tertiary/aromatic N) is 3. The highest BCUT2D eigenvalue weighted by atomic mass is 32.1. The molecular weight excluding hydrogens is 300 g/mol. The van der Waals surface area contributed by atoms with Gasteiger partial charge in [0.25, 0.3) is 11.5 Å². The van der Waals surface area contributed by atoms with Crippen molar-refractivity contribution in [3.05, 3.63) is 62.3 Å². The fourth-order valence-electron chi connectivity index (χ4n) is 1.80. The van der Waals surface area contributed by atoms with E-state index in [1.165, 1.54) is 10.6 Å². The lowest BCUT2D eigenvalue weighted by atomic mass is 10.3. The van der Waals surface area contributed by atoms with Crippen LogP contribution in [0.1, 0.15) is 5.69 Å². The molecule has 2 rings (SSSR count). The van der Waals surface area contributed by atoms with Crippen molar-refractivity contribution in [2.45, 2.75) is 6.54 Å². The van der Waals surface area contributed by atoms with Crippen LogP contribution in [0.4, 0.5) is 0 Å². The van der Waals surface area contributed by atoms with Crippen molar-refractivity contribution < 1.29 is 4.79 Å². The molecule has 0 saturated heterocycles. The van der Waals surface area contributed by atoms with Crippen molar-refractivity contribution in [1.82, 2.24) is 9.55 Å². The second kappa shape index (κ2) is 6.65. The predicted molar refractivity (Wildman–Crippen MR) is 84.0 cm³/mol. The Labute approximate surface area is 129 Å². The Kier molecular flexibility index (Phi) is 4.66. The Balaban J connectivity index is 2.85. The number of carbonyl (C=O) groups is 1. The minimum absolute atomic E-state index is 0.180. The Morgan fingerprint density at radius 3 is 2.86 bits per heavy atom. The summed E-state index contributed by atoms with van der Waals surface area (Å²) in [6.45, 7) is 3.76. The van der Waals surface area contributed by atoms with E-state index in [1.54, 1.807) is 36.5 Å². The zero-order chi connectivity index (χ0) is 16.1. The second-order valence-electron chi connectivity index (χ2n) is 4.23. The molecule has 7 heteroatoms. The van der Waals surface area contributed by atoms with Crippen LogP contribution in [-0.2, 0) is 11.3 Å². The Morgan fingerprint density at radius 1 is 1.55 bits per heavy atom. The summed E-state index contributed by atoms with van der Waals surface area (Å²) in [5.74, 6) is -0.869. The van der Waals surface area contributed by atoms with E-state index in [9.17, 15) is 9.59 Å². The van der Waals surface area contributed by atoms with Crippen molar-refractivity contribution in [2.75, 3.05) is 0 Å². The van der Waals surface area contributed by atoms with E-state index in [0.29, 0.717) is 10.2 Å². The molecule has 0 unspecified atom stereocenters. The van der Waals surface area contributed by atoms with Crippen LogP contribution in [-0.4, -0.2) is 15.5 Å². The molecule has 1 amide bonds. The summed E-state index contributed by atoms with van der Waals surface area (Å²) in [4.78, 5) is 27.9. The number of pyridine rings is 1. The van der Waals surface area contributed by atoms with Gasteiger partial charge in [-0.2, -0.15) is 5.26 Å². The lowest BCUT2D eigenvalue weighted by Gasteiger charge is -1.96. The quantitative estimate of drug-likeness (QED) is 0.767. The van der Waals surface area contributed by atoms with E-state index in [0.717, 1.165) is 11.3 Å². The number of amides is 1. The number of primary amides is 1. The van der Waals surface area contributed by atoms with E-state index >= 15 is 0 Å². The number of carbonyl (C=O) groups excluding carboxylic acids is 1. The first-order chi connectivity index (χ1) is 10.6. The van der Waals surface area contributed by atoms with Crippen LogP contribution >= 0.6 is 11.3 Å². The molecule has 0 aliphatic rings. The molecule has 0 aromatic carbocycles. The van der Waals surface area contributed by atoms with Gasteiger partial charge >= 0.3 is 0 Å². The van der Waals surface area contributed by atoms with Gasteiger partial charge in [0, 0.05) is 12.7 Å². The summed E-state index contributed by atoms with van der Waals surface area (Å²) >= 11 is 1.03. The van der Waals surface area contributed by atoms with Crippen LogP contribution in [0.2, 0.25) is 0 Å². The number of nitriles is 1. The number of thiazole rings is 1. The van der Waals surface area contributed by atoms with E-state index in [1.807, 2.05) is 0 Å². The lowest BCUT2D eigenvalue weighted by molar-refractivity contribution is -0.112. The molecule has 0 radical (unpaired) electrons. The number of hydrogen-bond donors (Lipinski definition) is 1. The zero-order valence-electron chi connectivity index (χ0n) is 11.5. The maximum absolute atomic E-state index is 12.4. The summed E-state index contributed by atoms with van der Waals surface area (Å²) in [7, 11) is 0. The number of nitrogens with two attached hydrogens (primary N) is 1. The maximum atomic E-state index is 12.4. The van der Waals surface area contributed by atoms with Gasteiger partial charge in [-0.05, 0) is 18.2 Å². The highest BCUT2D eigenvalue weighted by Gasteiger charge is 2.12. The Hall–Kier alpha value is -2.98. The monoisotopic (exact) mass is 312 g/mol. The van der Waals surface area contributed by atoms with Crippen LogP contribution in [0.5, 0.6) is 0 Å². The average Bonchev–Trinajstić information content (AvgIpc) is 2.79. The number of aromatic nitrogens is 2. The molecule has 0 aliphatic heterocycles. The lowest BCUT2D eigenvalue weighted by Crippen LogP contribution is -2.33. The van der Waals surface area contributed by atoms with Gasteiger partial charge in [-0.3, -0.25) is 19.1 Å². The first-order valence-corrected chi connectivity index (χ1v) is 7.07. The summed E-state index contributed by atoms with van der Waals surface area (Å²) in [5, 5.41) is 9.09. The third-order valence-electron chi connectivity index (χ3n) is 2.76. The van der Waals surface area contributed by atoms with Crippen molar-refractivity contribution in [3.63, 3.8) is 0 Å². The van der Waals surface area contributed by atoms with Gasteiger partial charge in [0.05, 0.1) is 10.2 Å². The van der Waals surface area contributed by atoms with Crippen molar-refractivity contribution >= 4 is 28.9 Å². The molecule has 22 heavy (non-hydrogen) atoms. The second-order valence-corrected chi connectivity index (χ2v) is 5.26. The van der Waals surface area contributed by atoms with Gasteiger partial charge in [0.1, 0.15) is 10.7 Å². The van der Waals surface area contributed by atoms with Crippen LogP contribution in [0, 0.1) is 11.3 Å². The first-order valence-electron chi connectivity index (χ1n) is 6.26. The molecule has 110 valence electrons. The van der Waals surface area contributed by atoms with E-state index < -0.39 is 5.91 Å². The summed E-state index contributed by atoms with van der Waals surface area (Å²) in [5.41, 5.74) is 5.24. The van der Waals surface area contributed by atoms with Crippen molar-refractivity contribution in [2.24, 2.45) is 5.73 Å². The van der Waals surface area contributed by atoms with Gasteiger partial charge in [-0.15, -0.1) is 17.9 Å². The Bertz CT molecular complexity index is 933. The molecule has 0 atom stereocenters. The van der Waals surface area contributed by atoms with E-state index in [2.05, 4.69) is 11.6 Å². The van der Waals surface area contributed by atoms with Gasteiger partial charge in [0.2, 0.25) is 0 Å². The van der Waals surface area contributed by atoms with Crippen molar-refractivity contribution in [1.29, 1.82) is 5.26 Å². The fourth-order valence-corrected chi connectivity index (χ4v) is 2.91. The molecular formula is C15H12N4O2S. The summed E-state index contributed by atoms with van der Waals surface area (Å²) in [6.07, 6.45) is 4.73. The minimum atomic E-state index is -0.869. The molecule has 2 aromatic rings. The maximum Gasteiger partial charge on any atom is 0.269 e. The molecule has 0 spiro atoms. The number of allylic oxidation sites excluding steroid dienone is 1. The van der Waals surface area contributed by atoms with Gasteiger partial charge in [-0.25, -0.2) is 0 Å². The number of rotatable bonds is 4.